The van der Waals surface area contributed by atoms with E-state index in [0.717, 1.165) is 5.56 Å². The third-order valence-electron chi connectivity index (χ3n) is 2.80. The lowest BCUT2D eigenvalue weighted by molar-refractivity contribution is -0.112. The predicted molar refractivity (Wildman–Crippen MR) is 81.7 cm³/mol. The summed E-state index contributed by atoms with van der Waals surface area (Å²) in [6.07, 6.45) is 1.53. The van der Waals surface area contributed by atoms with Crippen LogP contribution in [-0.4, -0.2) is 13.0 Å². The van der Waals surface area contributed by atoms with Crippen LogP contribution in [0, 0.1) is 11.3 Å². The molecule has 4 nitrogen and oxygen atoms in total. The molecule has 0 aromatic heterocycles. The molecular formula is C17H14N2O2. The van der Waals surface area contributed by atoms with Gasteiger partial charge in [0, 0.05) is 5.69 Å². The van der Waals surface area contributed by atoms with Crippen LogP contribution in [0.25, 0.3) is 6.08 Å². The highest BCUT2D eigenvalue weighted by atomic mass is 16.5. The lowest BCUT2D eigenvalue weighted by Crippen LogP contribution is -2.13. The summed E-state index contributed by atoms with van der Waals surface area (Å²) in [5.74, 6) is 0.232. The molecule has 4 heteroatoms. The summed E-state index contributed by atoms with van der Waals surface area (Å²) < 4.78 is 5.11. The van der Waals surface area contributed by atoms with Gasteiger partial charge in [-0.3, -0.25) is 4.79 Å². The molecule has 2 aromatic carbocycles. The number of nitrogens with zero attached hydrogens (tertiary/aromatic N) is 1. The van der Waals surface area contributed by atoms with Crippen LogP contribution >= 0.6 is 0 Å². The first-order valence-electron chi connectivity index (χ1n) is 6.35. The van der Waals surface area contributed by atoms with E-state index in [1.807, 2.05) is 24.3 Å². The molecule has 0 unspecified atom stereocenters. The van der Waals surface area contributed by atoms with Crippen LogP contribution in [-0.2, 0) is 4.79 Å². The summed E-state index contributed by atoms with van der Waals surface area (Å²) in [7, 11) is 1.57. The van der Waals surface area contributed by atoms with Gasteiger partial charge in [-0.2, -0.15) is 5.26 Å². The Morgan fingerprint density at radius 2 is 1.95 bits per heavy atom. The first kappa shape index (κ1) is 14.4. The van der Waals surface area contributed by atoms with Crippen LogP contribution in [0.3, 0.4) is 0 Å². The van der Waals surface area contributed by atoms with Crippen molar-refractivity contribution in [2.75, 3.05) is 12.4 Å². The van der Waals surface area contributed by atoms with E-state index in [-0.39, 0.29) is 5.57 Å². The molecular weight excluding hydrogens is 264 g/mol. The fraction of sp³-hybridized carbons (Fsp3) is 0.0588. The zero-order chi connectivity index (χ0) is 15.1. The van der Waals surface area contributed by atoms with E-state index >= 15 is 0 Å². The van der Waals surface area contributed by atoms with Crippen molar-refractivity contribution >= 4 is 17.7 Å². The number of ether oxygens (including phenoxy) is 1. The van der Waals surface area contributed by atoms with E-state index in [1.54, 1.807) is 43.5 Å². The highest BCUT2D eigenvalue weighted by Crippen LogP contribution is 2.16. The van der Waals surface area contributed by atoms with Crippen LogP contribution in [0.2, 0.25) is 0 Å². The van der Waals surface area contributed by atoms with Gasteiger partial charge in [-0.25, -0.2) is 0 Å². The van der Waals surface area contributed by atoms with Gasteiger partial charge in [-0.05, 0) is 35.9 Å². The van der Waals surface area contributed by atoms with Crippen LogP contribution < -0.4 is 10.1 Å². The number of amides is 1. The fourth-order valence-corrected chi connectivity index (χ4v) is 1.77. The molecule has 0 heterocycles. The number of nitriles is 1. The Bertz CT molecular complexity index is 700. The molecule has 21 heavy (non-hydrogen) atoms. The average Bonchev–Trinajstić information content (AvgIpc) is 2.53. The standard InChI is InChI=1S/C17H14N2O2/c1-21-16-9-5-6-13(11-16)10-14(12-18)17(20)19-15-7-3-2-4-8-15/h2-11H,1H3,(H,19,20)/b14-10+. The number of hydrogen-bond donors (Lipinski definition) is 1. The number of benzene rings is 2. The number of methoxy groups -OCH3 is 1. The third-order valence-corrected chi connectivity index (χ3v) is 2.80. The van der Waals surface area contributed by atoms with Crippen LogP contribution in [0.5, 0.6) is 5.75 Å². The van der Waals surface area contributed by atoms with E-state index in [1.165, 1.54) is 6.08 Å². The minimum Gasteiger partial charge on any atom is -0.497 e. The smallest absolute Gasteiger partial charge is 0.266 e. The fourth-order valence-electron chi connectivity index (χ4n) is 1.77. The van der Waals surface area contributed by atoms with Crippen molar-refractivity contribution in [3.05, 3.63) is 65.7 Å². The minimum absolute atomic E-state index is 0.0344. The summed E-state index contributed by atoms with van der Waals surface area (Å²) in [5, 5.41) is 11.8. The Kier molecular flexibility index (Phi) is 4.73. The second-order valence-electron chi connectivity index (χ2n) is 4.27. The van der Waals surface area contributed by atoms with Gasteiger partial charge in [-0.1, -0.05) is 30.3 Å². The summed E-state index contributed by atoms with van der Waals surface area (Å²) in [4.78, 5) is 12.1. The first-order valence-corrected chi connectivity index (χ1v) is 6.35. The molecule has 0 bridgehead atoms. The van der Waals surface area contributed by atoms with Crippen LogP contribution in [0.4, 0.5) is 5.69 Å². The highest BCUT2D eigenvalue weighted by Gasteiger charge is 2.09. The Hall–Kier alpha value is -3.06. The van der Waals surface area contributed by atoms with E-state index < -0.39 is 5.91 Å². The van der Waals surface area contributed by atoms with Gasteiger partial charge in [0.1, 0.15) is 17.4 Å². The molecule has 0 aliphatic heterocycles. The molecule has 2 rings (SSSR count). The maximum atomic E-state index is 12.1. The van der Waals surface area contributed by atoms with Crippen molar-refractivity contribution in [2.45, 2.75) is 0 Å². The van der Waals surface area contributed by atoms with Crippen molar-refractivity contribution in [3.8, 4) is 11.8 Å². The van der Waals surface area contributed by atoms with Gasteiger partial charge in [0.05, 0.1) is 7.11 Å². The van der Waals surface area contributed by atoms with Crippen molar-refractivity contribution in [3.63, 3.8) is 0 Å². The SMILES string of the molecule is COc1cccc(/C=C(\C#N)C(=O)Nc2ccccc2)c1. The topological polar surface area (TPSA) is 62.1 Å². The summed E-state index contributed by atoms with van der Waals surface area (Å²) in [6, 6.07) is 18.1. The number of carbonyl (C=O) groups excluding carboxylic acids is 1. The molecule has 1 N–H and O–H groups in total. The van der Waals surface area contributed by atoms with E-state index in [4.69, 9.17) is 10.00 Å². The lowest BCUT2D eigenvalue weighted by atomic mass is 10.1. The molecule has 2 aromatic rings. The van der Waals surface area contributed by atoms with Crippen molar-refractivity contribution in [2.24, 2.45) is 0 Å². The Balaban J connectivity index is 2.20. The average molecular weight is 278 g/mol. The van der Waals surface area contributed by atoms with Gasteiger partial charge in [0.2, 0.25) is 0 Å². The summed E-state index contributed by atoms with van der Waals surface area (Å²) in [5.41, 5.74) is 1.41. The number of anilines is 1. The van der Waals surface area contributed by atoms with Crippen molar-refractivity contribution in [1.29, 1.82) is 5.26 Å². The molecule has 1 amide bonds. The van der Waals surface area contributed by atoms with Crippen LogP contribution in [0.15, 0.2) is 60.2 Å². The zero-order valence-corrected chi connectivity index (χ0v) is 11.5. The minimum atomic E-state index is -0.438. The molecule has 0 aliphatic carbocycles. The third kappa shape index (κ3) is 3.95. The molecule has 0 radical (unpaired) electrons. The lowest BCUT2D eigenvalue weighted by Gasteiger charge is -2.04. The number of nitrogens with one attached hydrogen (secondary N) is 1. The van der Waals surface area contributed by atoms with Gasteiger partial charge < -0.3 is 10.1 Å². The molecule has 0 saturated carbocycles. The molecule has 104 valence electrons. The summed E-state index contributed by atoms with van der Waals surface area (Å²) >= 11 is 0. The Morgan fingerprint density at radius 1 is 1.19 bits per heavy atom. The van der Waals surface area contributed by atoms with E-state index in [2.05, 4.69) is 5.32 Å². The van der Waals surface area contributed by atoms with Gasteiger partial charge in [-0.15, -0.1) is 0 Å². The quantitative estimate of drug-likeness (QED) is 0.689. The Morgan fingerprint density at radius 3 is 2.62 bits per heavy atom. The molecule has 0 atom stereocenters. The number of para-hydroxylation sites is 1. The van der Waals surface area contributed by atoms with E-state index in [0.29, 0.717) is 11.4 Å². The van der Waals surface area contributed by atoms with E-state index in [9.17, 15) is 4.79 Å². The number of hydrogen-bond acceptors (Lipinski definition) is 3. The number of carbonyl (C=O) groups is 1. The maximum Gasteiger partial charge on any atom is 0.266 e. The van der Waals surface area contributed by atoms with Crippen LogP contribution in [0.1, 0.15) is 5.56 Å². The molecule has 0 aliphatic rings. The Labute approximate surface area is 123 Å². The number of rotatable bonds is 4. The predicted octanol–water partition coefficient (Wildman–Crippen LogP) is 3.24. The van der Waals surface area contributed by atoms with Gasteiger partial charge in [0.15, 0.2) is 0 Å². The second kappa shape index (κ2) is 6.92. The largest absolute Gasteiger partial charge is 0.497 e. The van der Waals surface area contributed by atoms with Crippen molar-refractivity contribution in [1.82, 2.24) is 0 Å². The monoisotopic (exact) mass is 278 g/mol. The van der Waals surface area contributed by atoms with Gasteiger partial charge in [0.25, 0.3) is 5.91 Å². The highest BCUT2D eigenvalue weighted by molar-refractivity contribution is 6.09. The normalized spacial score (nSPS) is 10.6. The molecule has 0 spiro atoms. The second-order valence-corrected chi connectivity index (χ2v) is 4.27. The summed E-state index contributed by atoms with van der Waals surface area (Å²) in [6.45, 7) is 0. The molecule has 0 saturated heterocycles. The van der Waals surface area contributed by atoms with Gasteiger partial charge >= 0.3 is 0 Å². The first-order chi connectivity index (χ1) is 10.2. The van der Waals surface area contributed by atoms with Crippen molar-refractivity contribution < 1.29 is 9.53 Å². The molecule has 0 fully saturated rings. The maximum absolute atomic E-state index is 12.1. The zero-order valence-electron chi connectivity index (χ0n) is 11.5.